The van der Waals surface area contributed by atoms with E-state index >= 15 is 0 Å². The van der Waals surface area contributed by atoms with Gasteiger partial charge in [0.1, 0.15) is 11.4 Å². The van der Waals surface area contributed by atoms with Gasteiger partial charge in [-0.25, -0.2) is 4.98 Å². The molecule has 3 N–H and O–H groups in total. The number of aromatic amines is 1. The van der Waals surface area contributed by atoms with Crippen molar-refractivity contribution >= 4 is 22.7 Å². The third-order valence-electron chi connectivity index (χ3n) is 4.03. The van der Waals surface area contributed by atoms with Crippen LogP contribution in [0.5, 0.6) is 0 Å². The van der Waals surface area contributed by atoms with E-state index in [-0.39, 0.29) is 23.4 Å². The molecule has 0 aliphatic rings. The number of aryl methyl sites for hydroxylation is 1. The first-order valence-corrected chi connectivity index (χ1v) is 8.18. The van der Waals surface area contributed by atoms with Gasteiger partial charge >= 0.3 is 0 Å². The molecule has 0 saturated heterocycles. The molecule has 1 aromatic carbocycles. The number of nitrogens with one attached hydrogen (secondary N) is 3. The third-order valence-corrected chi connectivity index (χ3v) is 4.03. The second-order valence-electron chi connectivity index (χ2n) is 5.81. The zero-order chi connectivity index (χ0) is 18.5. The average molecular weight is 353 g/mol. The number of amides is 2. The number of carbonyl (C=O) groups excluding carboxylic acids is 2. The molecule has 134 valence electrons. The van der Waals surface area contributed by atoms with Gasteiger partial charge in [0, 0.05) is 49.5 Å². The summed E-state index contributed by atoms with van der Waals surface area (Å²) in [7, 11) is 1.88. The summed E-state index contributed by atoms with van der Waals surface area (Å²) in [6.45, 7) is 0.210. The maximum absolute atomic E-state index is 12.4. The van der Waals surface area contributed by atoms with Crippen molar-refractivity contribution in [1.29, 1.82) is 0 Å². The van der Waals surface area contributed by atoms with E-state index in [4.69, 9.17) is 0 Å². The van der Waals surface area contributed by atoms with E-state index in [1.807, 2.05) is 17.8 Å². The Morgan fingerprint density at radius 1 is 1.23 bits per heavy atom. The van der Waals surface area contributed by atoms with Crippen LogP contribution >= 0.6 is 0 Å². The number of imidazole rings is 1. The van der Waals surface area contributed by atoms with E-state index in [1.54, 1.807) is 30.5 Å². The standard InChI is InChI=1S/C18H19N5O3/c1-23-9-8-19-15(23)6-7-20-16(24)11-22-18(26)13-10-21-14-5-3-2-4-12(14)17(13)25/h2-5,8-10H,6-7,11H2,1H3,(H,20,24)(H,21,25)(H,22,26). The van der Waals surface area contributed by atoms with Crippen LogP contribution in [0.4, 0.5) is 0 Å². The summed E-state index contributed by atoms with van der Waals surface area (Å²) in [4.78, 5) is 43.5. The molecule has 26 heavy (non-hydrogen) atoms. The summed E-state index contributed by atoms with van der Waals surface area (Å²) in [6, 6.07) is 6.93. The van der Waals surface area contributed by atoms with Crippen LogP contribution in [0.2, 0.25) is 0 Å². The van der Waals surface area contributed by atoms with Crippen molar-refractivity contribution in [3.05, 3.63) is 64.5 Å². The Balaban J connectivity index is 1.54. The molecule has 8 nitrogen and oxygen atoms in total. The van der Waals surface area contributed by atoms with Crippen LogP contribution in [0.25, 0.3) is 10.9 Å². The number of pyridine rings is 1. The van der Waals surface area contributed by atoms with E-state index in [0.29, 0.717) is 23.9 Å². The fourth-order valence-corrected chi connectivity index (χ4v) is 2.61. The number of H-pyrrole nitrogens is 1. The number of aromatic nitrogens is 3. The SMILES string of the molecule is Cn1ccnc1CCNC(=O)CNC(=O)c1c[nH]c2ccccc2c1=O. The highest BCUT2D eigenvalue weighted by Crippen LogP contribution is 2.06. The number of hydrogen-bond donors (Lipinski definition) is 3. The van der Waals surface area contributed by atoms with Gasteiger partial charge in [-0.1, -0.05) is 12.1 Å². The Morgan fingerprint density at radius 2 is 2.04 bits per heavy atom. The highest BCUT2D eigenvalue weighted by Gasteiger charge is 2.13. The number of hydrogen-bond acceptors (Lipinski definition) is 4. The molecule has 0 saturated carbocycles. The maximum Gasteiger partial charge on any atom is 0.257 e. The molecule has 0 aliphatic heterocycles. The van der Waals surface area contributed by atoms with Crippen molar-refractivity contribution in [2.75, 3.05) is 13.1 Å². The highest BCUT2D eigenvalue weighted by atomic mass is 16.2. The summed E-state index contributed by atoms with van der Waals surface area (Å²) < 4.78 is 1.87. The predicted molar refractivity (Wildman–Crippen MR) is 96.8 cm³/mol. The van der Waals surface area contributed by atoms with E-state index in [1.165, 1.54) is 6.20 Å². The van der Waals surface area contributed by atoms with Crippen LogP contribution < -0.4 is 16.1 Å². The fraction of sp³-hybridized carbons (Fsp3) is 0.222. The van der Waals surface area contributed by atoms with Crippen LogP contribution in [-0.2, 0) is 18.3 Å². The summed E-state index contributed by atoms with van der Waals surface area (Å²) in [5, 5.41) is 5.60. The number of carbonyl (C=O) groups is 2. The summed E-state index contributed by atoms with van der Waals surface area (Å²) in [5.41, 5.74) is 0.262. The quantitative estimate of drug-likeness (QED) is 0.594. The molecule has 8 heteroatoms. The Kier molecular flexibility index (Phi) is 5.12. The lowest BCUT2D eigenvalue weighted by molar-refractivity contribution is -0.120. The van der Waals surface area contributed by atoms with Crippen LogP contribution in [-0.4, -0.2) is 39.4 Å². The average Bonchev–Trinajstić information content (AvgIpc) is 3.05. The van der Waals surface area contributed by atoms with Crippen molar-refractivity contribution in [3.8, 4) is 0 Å². The van der Waals surface area contributed by atoms with Crippen LogP contribution in [0, 0.1) is 0 Å². The zero-order valence-corrected chi connectivity index (χ0v) is 14.3. The fourth-order valence-electron chi connectivity index (χ4n) is 2.61. The molecule has 0 unspecified atom stereocenters. The highest BCUT2D eigenvalue weighted by molar-refractivity contribution is 5.98. The Labute approximate surface area is 149 Å². The number of rotatable bonds is 6. The topological polar surface area (TPSA) is 109 Å². The molecule has 3 aromatic rings. The molecular formula is C18H19N5O3. The van der Waals surface area contributed by atoms with Crippen LogP contribution in [0.1, 0.15) is 16.2 Å². The number of nitrogens with zero attached hydrogens (tertiary/aromatic N) is 2. The van der Waals surface area contributed by atoms with Crippen LogP contribution in [0.3, 0.4) is 0 Å². The van der Waals surface area contributed by atoms with Gasteiger partial charge in [-0.2, -0.15) is 0 Å². The Morgan fingerprint density at radius 3 is 2.81 bits per heavy atom. The lowest BCUT2D eigenvalue weighted by Crippen LogP contribution is -2.39. The van der Waals surface area contributed by atoms with Gasteiger partial charge in [-0.05, 0) is 12.1 Å². The summed E-state index contributed by atoms with van der Waals surface area (Å²) in [5.74, 6) is -0.0573. The number of fused-ring (bicyclic) bond motifs is 1. The van der Waals surface area contributed by atoms with E-state index < -0.39 is 5.91 Å². The molecule has 0 aliphatic carbocycles. The van der Waals surface area contributed by atoms with Gasteiger partial charge in [0.05, 0.1) is 6.54 Å². The number of para-hydroxylation sites is 1. The summed E-state index contributed by atoms with van der Waals surface area (Å²) in [6.07, 6.45) is 5.48. The first-order valence-electron chi connectivity index (χ1n) is 8.18. The molecule has 0 radical (unpaired) electrons. The second kappa shape index (κ2) is 7.64. The third kappa shape index (κ3) is 3.80. The largest absolute Gasteiger partial charge is 0.360 e. The van der Waals surface area contributed by atoms with Crippen molar-refractivity contribution in [2.45, 2.75) is 6.42 Å². The van der Waals surface area contributed by atoms with Crippen LogP contribution in [0.15, 0.2) is 47.7 Å². The lowest BCUT2D eigenvalue weighted by atomic mass is 10.1. The molecule has 3 rings (SSSR count). The minimum atomic E-state index is -0.587. The van der Waals surface area contributed by atoms with Gasteiger partial charge in [0.2, 0.25) is 11.3 Å². The van der Waals surface area contributed by atoms with E-state index in [0.717, 1.165) is 5.82 Å². The van der Waals surface area contributed by atoms with Gasteiger partial charge in [0.15, 0.2) is 0 Å². The first kappa shape index (κ1) is 17.4. The van der Waals surface area contributed by atoms with Gasteiger partial charge in [-0.3, -0.25) is 14.4 Å². The minimum absolute atomic E-state index is 0.0236. The van der Waals surface area contributed by atoms with Crippen molar-refractivity contribution in [2.24, 2.45) is 7.05 Å². The maximum atomic E-state index is 12.4. The monoisotopic (exact) mass is 353 g/mol. The molecule has 0 atom stereocenters. The van der Waals surface area contributed by atoms with Gasteiger partial charge < -0.3 is 20.2 Å². The Bertz CT molecular complexity index is 1010. The first-order chi connectivity index (χ1) is 12.6. The lowest BCUT2D eigenvalue weighted by Gasteiger charge is -2.07. The minimum Gasteiger partial charge on any atom is -0.360 e. The molecule has 2 heterocycles. The smallest absolute Gasteiger partial charge is 0.257 e. The Hall–Kier alpha value is -3.42. The normalized spacial score (nSPS) is 10.7. The number of benzene rings is 1. The van der Waals surface area contributed by atoms with Gasteiger partial charge in [-0.15, -0.1) is 0 Å². The molecule has 2 amide bonds. The van der Waals surface area contributed by atoms with Crippen molar-refractivity contribution in [3.63, 3.8) is 0 Å². The van der Waals surface area contributed by atoms with E-state index in [2.05, 4.69) is 20.6 Å². The molecule has 0 bridgehead atoms. The molecular weight excluding hydrogens is 334 g/mol. The predicted octanol–water partition coefficient (Wildman–Crippen LogP) is 0.350. The molecule has 0 spiro atoms. The van der Waals surface area contributed by atoms with E-state index in [9.17, 15) is 14.4 Å². The molecule has 2 aromatic heterocycles. The van der Waals surface area contributed by atoms with Crippen molar-refractivity contribution < 1.29 is 9.59 Å². The zero-order valence-electron chi connectivity index (χ0n) is 14.3. The molecule has 0 fully saturated rings. The van der Waals surface area contributed by atoms with Crippen molar-refractivity contribution in [1.82, 2.24) is 25.2 Å². The van der Waals surface area contributed by atoms with Gasteiger partial charge in [0.25, 0.3) is 5.91 Å². The second-order valence-corrected chi connectivity index (χ2v) is 5.81. The summed E-state index contributed by atoms with van der Waals surface area (Å²) >= 11 is 0.